The first-order valence-corrected chi connectivity index (χ1v) is 4.75. The van der Waals surface area contributed by atoms with Crippen molar-refractivity contribution in [1.82, 2.24) is 5.32 Å². The molecule has 0 aromatic rings. The highest BCUT2D eigenvalue weighted by Gasteiger charge is 2.13. The first-order valence-electron chi connectivity index (χ1n) is 4.75. The van der Waals surface area contributed by atoms with Crippen molar-refractivity contribution in [3.63, 3.8) is 0 Å². The predicted octanol–water partition coefficient (Wildman–Crippen LogP) is 1.45. The van der Waals surface area contributed by atoms with Gasteiger partial charge in [-0.25, -0.2) is 9.59 Å². The lowest BCUT2D eigenvalue weighted by atomic mass is 10.2. The van der Waals surface area contributed by atoms with Gasteiger partial charge in [-0.05, 0) is 12.8 Å². The Morgan fingerprint density at radius 3 is 2.40 bits per heavy atom. The predicted molar refractivity (Wildman–Crippen MR) is 55.1 cm³/mol. The number of allylic oxidation sites excluding steroid dienone is 1. The van der Waals surface area contributed by atoms with E-state index < -0.39 is 12.1 Å². The van der Waals surface area contributed by atoms with Crippen LogP contribution in [0.1, 0.15) is 20.8 Å². The van der Waals surface area contributed by atoms with Gasteiger partial charge in [-0.15, -0.1) is 0 Å². The molecule has 0 bridgehead atoms. The largest absolute Gasteiger partial charge is 0.464 e. The molecule has 0 aliphatic heterocycles. The lowest BCUT2D eigenvalue weighted by Crippen LogP contribution is -2.29. The number of nitrogens with one attached hydrogen (secondary N) is 1. The van der Waals surface area contributed by atoms with Crippen LogP contribution in [0, 0.1) is 5.92 Å². The third-order valence-electron chi connectivity index (χ3n) is 1.42. The molecule has 0 saturated carbocycles. The van der Waals surface area contributed by atoms with Crippen LogP contribution in [0.3, 0.4) is 0 Å². The van der Waals surface area contributed by atoms with E-state index in [1.54, 1.807) is 13.0 Å². The molecule has 0 radical (unpaired) electrons. The molecule has 0 fully saturated rings. The molecule has 5 nitrogen and oxygen atoms in total. The number of esters is 1. The SMILES string of the molecule is CCOC(=O)N/C(=C\C(C)C)C(=O)OC. The number of carbonyl (C=O) groups is 2. The van der Waals surface area contributed by atoms with Crippen LogP contribution < -0.4 is 5.32 Å². The maximum absolute atomic E-state index is 11.2. The van der Waals surface area contributed by atoms with Gasteiger partial charge in [-0.1, -0.05) is 19.9 Å². The van der Waals surface area contributed by atoms with Gasteiger partial charge in [0.05, 0.1) is 13.7 Å². The lowest BCUT2D eigenvalue weighted by molar-refractivity contribution is -0.136. The summed E-state index contributed by atoms with van der Waals surface area (Å²) in [7, 11) is 1.25. The Kier molecular flexibility index (Phi) is 6.17. The van der Waals surface area contributed by atoms with E-state index in [1.807, 2.05) is 13.8 Å². The quantitative estimate of drug-likeness (QED) is 0.569. The molecule has 0 unspecified atom stereocenters. The molecule has 1 amide bonds. The number of hydrogen-bond acceptors (Lipinski definition) is 4. The molecular formula is C10H17NO4. The Bertz CT molecular complexity index is 258. The van der Waals surface area contributed by atoms with Crippen molar-refractivity contribution < 1.29 is 19.1 Å². The average Bonchev–Trinajstić information content (AvgIpc) is 2.15. The highest BCUT2D eigenvalue weighted by atomic mass is 16.6. The van der Waals surface area contributed by atoms with Crippen LogP contribution >= 0.6 is 0 Å². The van der Waals surface area contributed by atoms with E-state index in [2.05, 4.69) is 14.8 Å². The van der Waals surface area contributed by atoms with E-state index in [0.29, 0.717) is 0 Å². The molecule has 0 heterocycles. The van der Waals surface area contributed by atoms with Crippen LogP contribution in [0.2, 0.25) is 0 Å². The van der Waals surface area contributed by atoms with Gasteiger partial charge < -0.3 is 9.47 Å². The van der Waals surface area contributed by atoms with E-state index in [1.165, 1.54) is 7.11 Å². The van der Waals surface area contributed by atoms with E-state index >= 15 is 0 Å². The number of rotatable bonds is 4. The van der Waals surface area contributed by atoms with E-state index in [9.17, 15) is 9.59 Å². The molecule has 0 aliphatic carbocycles. The van der Waals surface area contributed by atoms with Gasteiger partial charge >= 0.3 is 12.1 Å². The zero-order chi connectivity index (χ0) is 11.8. The Morgan fingerprint density at radius 1 is 1.40 bits per heavy atom. The molecule has 86 valence electrons. The summed E-state index contributed by atoms with van der Waals surface area (Å²) in [6.45, 7) is 5.71. The lowest BCUT2D eigenvalue weighted by Gasteiger charge is -2.08. The fraction of sp³-hybridized carbons (Fsp3) is 0.600. The van der Waals surface area contributed by atoms with Crippen molar-refractivity contribution in [2.45, 2.75) is 20.8 Å². The summed E-state index contributed by atoms with van der Waals surface area (Å²) in [6.07, 6.45) is 0.942. The van der Waals surface area contributed by atoms with Crippen molar-refractivity contribution >= 4 is 12.1 Å². The van der Waals surface area contributed by atoms with Crippen LogP contribution in [-0.4, -0.2) is 25.8 Å². The zero-order valence-electron chi connectivity index (χ0n) is 9.49. The minimum atomic E-state index is -0.658. The summed E-state index contributed by atoms with van der Waals surface area (Å²) in [6, 6.07) is 0. The number of amides is 1. The fourth-order valence-electron chi connectivity index (χ4n) is 0.881. The summed E-state index contributed by atoms with van der Waals surface area (Å²) >= 11 is 0. The topological polar surface area (TPSA) is 64.6 Å². The second kappa shape index (κ2) is 6.86. The first kappa shape index (κ1) is 13.5. The Balaban J connectivity index is 4.52. The molecular weight excluding hydrogens is 198 g/mol. The van der Waals surface area contributed by atoms with Crippen molar-refractivity contribution in [3.05, 3.63) is 11.8 Å². The van der Waals surface area contributed by atoms with Crippen molar-refractivity contribution in [1.29, 1.82) is 0 Å². The highest BCUT2D eigenvalue weighted by molar-refractivity contribution is 5.92. The first-order chi connectivity index (χ1) is 7.01. The molecule has 1 N–H and O–H groups in total. The number of methoxy groups -OCH3 is 1. The third kappa shape index (κ3) is 5.72. The molecule has 0 spiro atoms. The Labute approximate surface area is 89.4 Å². The highest BCUT2D eigenvalue weighted by Crippen LogP contribution is 2.01. The summed E-state index contributed by atoms with van der Waals surface area (Å²) in [5.74, 6) is -0.460. The van der Waals surface area contributed by atoms with Gasteiger partial charge in [0.25, 0.3) is 0 Å². The van der Waals surface area contributed by atoms with E-state index in [-0.39, 0.29) is 18.2 Å². The summed E-state index contributed by atoms with van der Waals surface area (Å²) in [5.41, 5.74) is 0.103. The molecule has 0 atom stereocenters. The minimum absolute atomic E-state index is 0.103. The van der Waals surface area contributed by atoms with Crippen LogP contribution in [0.4, 0.5) is 4.79 Å². The zero-order valence-corrected chi connectivity index (χ0v) is 9.49. The van der Waals surface area contributed by atoms with Crippen molar-refractivity contribution in [3.8, 4) is 0 Å². The summed E-state index contributed by atoms with van der Waals surface area (Å²) in [5, 5.41) is 2.33. The standard InChI is InChI=1S/C10H17NO4/c1-5-15-10(13)11-8(6-7(2)3)9(12)14-4/h6-7H,5H2,1-4H3,(H,11,13)/b8-6-. The maximum Gasteiger partial charge on any atom is 0.411 e. The molecule has 0 aliphatic rings. The molecule has 0 aromatic carbocycles. The van der Waals surface area contributed by atoms with Crippen LogP contribution in [0.15, 0.2) is 11.8 Å². The Hall–Kier alpha value is -1.52. The Morgan fingerprint density at radius 2 is 2.00 bits per heavy atom. The smallest absolute Gasteiger partial charge is 0.411 e. The number of hydrogen-bond donors (Lipinski definition) is 1. The van der Waals surface area contributed by atoms with Gasteiger partial charge in [0.15, 0.2) is 0 Å². The molecule has 0 rings (SSSR count). The van der Waals surface area contributed by atoms with Crippen molar-refractivity contribution in [2.24, 2.45) is 5.92 Å². The minimum Gasteiger partial charge on any atom is -0.464 e. The van der Waals surface area contributed by atoms with Gasteiger partial charge in [-0.2, -0.15) is 0 Å². The van der Waals surface area contributed by atoms with Gasteiger partial charge in [0.2, 0.25) is 0 Å². The van der Waals surface area contributed by atoms with Crippen LogP contribution in [-0.2, 0) is 14.3 Å². The van der Waals surface area contributed by atoms with E-state index in [4.69, 9.17) is 0 Å². The van der Waals surface area contributed by atoms with Gasteiger partial charge in [-0.3, -0.25) is 5.32 Å². The van der Waals surface area contributed by atoms with Gasteiger partial charge in [0, 0.05) is 0 Å². The van der Waals surface area contributed by atoms with E-state index in [0.717, 1.165) is 0 Å². The number of ether oxygens (including phenoxy) is 2. The monoisotopic (exact) mass is 215 g/mol. The second-order valence-corrected chi connectivity index (χ2v) is 3.16. The van der Waals surface area contributed by atoms with Crippen LogP contribution in [0.25, 0.3) is 0 Å². The molecule has 5 heteroatoms. The summed E-state index contributed by atoms with van der Waals surface area (Å²) < 4.78 is 9.16. The fourth-order valence-corrected chi connectivity index (χ4v) is 0.881. The molecule has 0 saturated heterocycles. The average molecular weight is 215 g/mol. The summed E-state index contributed by atoms with van der Waals surface area (Å²) in [4.78, 5) is 22.3. The molecule has 15 heavy (non-hydrogen) atoms. The number of alkyl carbamates (subject to hydrolysis) is 1. The van der Waals surface area contributed by atoms with Gasteiger partial charge in [0.1, 0.15) is 5.70 Å². The van der Waals surface area contributed by atoms with Crippen LogP contribution in [0.5, 0.6) is 0 Å². The van der Waals surface area contributed by atoms with Crippen molar-refractivity contribution in [2.75, 3.05) is 13.7 Å². The third-order valence-corrected chi connectivity index (χ3v) is 1.42. The molecule has 0 aromatic heterocycles. The number of carbonyl (C=O) groups excluding carboxylic acids is 2. The maximum atomic E-state index is 11.2. The normalized spacial score (nSPS) is 11.1. The second-order valence-electron chi connectivity index (χ2n) is 3.16.